The van der Waals surface area contributed by atoms with Crippen molar-refractivity contribution in [1.29, 1.82) is 0 Å². The van der Waals surface area contributed by atoms with Crippen molar-refractivity contribution in [3.8, 4) is 0 Å². The summed E-state index contributed by atoms with van der Waals surface area (Å²) in [5.74, 6) is -0.437. The van der Waals surface area contributed by atoms with Crippen LogP contribution in [-0.2, 0) is 10.7 Å². The molecular weight excluding hydrogens is 245 g/mol. The number of carbonyl (C=O) groups is 1. The van der Waals surface area contributed by atoms with Crippen molar-refractivity contribution in [1.82, 2.24) is 9.55 Å². The Labute approximate surface area is 102 Å². The summed E-state index contributed by atoms with van der Waals surface area (Å²) in [7, 11) is 0. The van der Waals surface area contributed by atoms with Crippen LogP contribution in [0.5, 0.6) is 0 Å². The zero-order chi connectivity index (χ0) is 12.6. The third-order valence-corrected chi connectivity index (χ3v) is 2.90. The molecule has 1 unspecified atom stereocenters. The van der Waals surface area contributed by atoms with Gasteiger partial charge in [-0.15, -0.1) is 11.6 Å². The number of rotatable bonds is 3. The Kier molecular flexibility index (Phi) is 3.02. The van der Waals surface area contributed by atoms with Crippen LogP contribution in [0.4, 0.5) is 4.39 Å². The molecule has 0 aliphatic rings. The Morgan fingerprint density at radius 1 is 1.65 bits per heavy atom. The molecule has 0 saturated carbocycles. The van der Waals surface area contributed by atoms with Gasteiger partial charge >= 0.3 is 0 Å². The molecule has 2 N–H and O–H groups in total. The van der Waals surface area contributed by atoms with E-state index in [-0.39, 0.29) is 11.4 Å². The third-order valence-electron chi connectivity index (χ3n) is 2.66. The average molecular weight is 256 g/mol. The van der Waals surface area contributed by atoms with E-state index in [9.17, 15) is 9.18 Å². The Bertz CT molecular complexity index is 581. The summed E-state index contributed by atoms with van der Waals surface area (Å²) in [5, 5.41) is 0. The van der Waals surface area contributed by atoms with E-state index in [1.807, 2.05) is 0 Å². The van der Waals surface area contributed by atoms with E-state index in [2.05, 4.69) is 4.98 Å². The summed E-state index contributed by atoms with van der Waals surface area (Å²) in [4.78, 5) is 15.3. The molecule has 1 atom stereocenters. The fourth-order valence-corrected chi connectivity index (χ4v) is 1.97. The van der Waals surface area contributed by atoms with Crippen molar-refractivity contribution in [3.63, 3.8) is 0 Å². The predicted molar refractivity (Wildman–Crippen MR) is 63.2 cm³/mol. The van der Waals surface area contributed by atoms with Gasteiger partial charge in [-0.3, -0.25) is 4.79 Å². The maximum atomic E-state index is 13.5. The smallest absolute Gasteiger partial charge is 0.240 e. The first-order valence-electron chi connectivity index (χ1n) is 5.07. The molecule has 1 aromatic carbocycles. The highest BCUT2D eigenvalue weighted by Crippen LogP contribution is 2.24. The van der Waals surface area contributed by atoms with Crippen molar-refractivity contribution < 1.29 is 9.18 Å². The second-order valence-electron chi connectivity index (χ2n) is 3.72. The van der Waals surface area contributed by atoms with E-state index in [0.29, 0.717) is 11.3 Å². The summed E-state index contributed by atoms with van der Waals surface area (Å²) in [6.07, 6.45) is 0. The second-order valence-corrected chi connectivity index (χ2v) is 3.98. The lowest BCUT2D eigenvalue weighted by Gasteiger charge is -2.13. The number of benzene rings is 1. The lowest BCUT2D eigenvalue weighted by Crippen LogP contribution is -2.25. The van der Waals surface area contributed by atoms with Crippen LogP contribution in [0.15, 0.2) is 18.2 Å². The van der Waals surface area contributed by atoms with Crippen molar-refractivity contribution in [2.24, 2.45) is 5.73 Å². The maximum absolute atomic E-state index is 13.5. The molecule has 0 fully saturated rings. The molecule has 90 valence electrons. The lowest BCUT2D eigenvalue weighted by atomic mass is 10.2. The first-order valence-corrected chi connectivity index (χ1v) is 5.60. The summed E-state index contributed by atoms with van der Waals surface area (Å²) in [6, 6.07) is 3.94. The summed E-state index contributed by atoms with van der Waals surface area (Å²) < 4.78 is 15.1. The van der Waals surface area contributed by atoms with E-state index >= 15 is 0 Å². The zero-order valence-electron chi connectivity index (χ0n) is 9.15. The minimum atomic E-state index is -0.615. The molecule has 2 rings (SSSR count). The molecule has 1 aromatic heterocycles. The number of imidazole rings is 1. The van der Waals surface area contributed by atoms with Crippen LogP contribution in [0, 0.1) is 5.82 Å². The number of carbonyl (C=O) groups excluding carboxylic acids is 1. The molecule has 0 aliphatic heterocycles. The number of fused-ring (bicyclic) bond motifs is 1. The van der Waals surface area contributed by atoms with Gasteiger partial charge in [-0.1, -0.05) is 6.07 Å². The highest BCUT2D eigenvalue weighted by Gasteiger charge is 2.20. The van der Waals surface area contributed by atoms with Crippen molar-refractivity contribution in [2.75, 3.05) is 0 Å². The van der Waals surface area contributed by atoms with Crippen molar-refractivity contribution in [2.45, 2.75) is 18.8 Å². The molecular formula is C11H11ClFN3O. The number of halogens is 2. The maximum Gasteiger partial charge on any atom is 0.240 e. The monoisotopic (exact) mass is 255 g/mol. The highest BCUT2D eigenvalue weighted by atomic mass is 35.5. The van der Waals surface area contributed by atoms with Gasteiger partial charge < -0.3 is 10.3 Å². The summed E-state index contributed by atoms with van der Waals surface area (Å²) in [5.41, 5.74) is 5.98. The van der Waals surface area contributed by atoms with Crippen molar-refractivity contribution >= 4 is 28.5 Å². The fraction of sp³-hybridized carbons (Fsp3) is 0.273. The van der Waals surface area contributed by atoms with Gasteiger partial charge in [0, 0.05) is 0 Å². The molecule has 4 nitrogen and oxygen atoms in total. The van der Waals surface area contributed by atoms with Gasteiger partial charge in [-0.25, -0.2) is 9.37 Å². The summed E-state index contributed by atoms with van der Waals surface area (Å²) >= 11 is 5.75. The number of hydrogen-bond donors (Lipinski definition) is 1. The fourth-order valence-electron chi connectivity index (χ4n) is 1.78. The van der Waals surface area contributed by atoms with Crippen LogP contribution < -0.4 is 5.73 Å². The van der Waals surface area contributed by atoms with E-state index in [4.69, 9.17) is 17.3 Å². The topological polar surface area (TPSA) is 60.9 Å². The molecule has 0 radical (unpaired) electrons. The SMILES string of the molecule is CC(C(N)=O)n1c(CCl)nc2c(F)cccc21. The summed E-state index contributed by atoms with van der Waals surface area (Å²) in [6.45, 7) is 1.63. The molecule has 2 aromatic rings. The Balaban J connectivity index is 2.75. The van der Waals surface area contributed by atoms with E-state index < -0.39 is 17.8 Å². The Hall–Kier alpha value is -1.62. The van der Waals surface area contributed by atoms with Crippen LogP contribution in [0.25, 0.3) is 11.0 Å². The molecule has 0 spiro atoms. The zero-order valence-corrected chi connectivity index (χ0v) is 9.91. The van der Waals surface area contributed by atoms with Gasteiger partial charge in [-0.05, 0) is 19.1 Å². The molecule has 1 amide bonds. The van der Waals surface area contributed by atoms with Crippen LogP contribution in [0.3, 0.4) is 0 Å². The number of hydrogen-bond acceptors (Lipinski definition) is 2. The van der Waals surface area contributed by atoms with E-state index in [1.165, 1.54) is 6.07 Å². The van der Waals surface area contributed by atoms with Crippen LogP contribution >= 0.6 is 11.6 Å². The molecule has 0 aliphatic carbocycles. The highest BCUT2D eigenvalue weighted by molar-refractivity contribution is 6.16. The van der Waals surface area contributed by atoms with E-state index in [1.54, 1.807) is 23.6 Å². The largest absolute Gasteiger partial charge is 0.368 e. The number of aromatic nitrogens is 2. The number of para-hydroxylation sites is 1. The third kappa shape index (κ3) is 1.86. The molecule has 1 heterocycles. The second kappa shape index (κ2) is 4.33. The number of nitrogens with two attached hydrogens (primary N) is 1. The van der Waals surface area contributed by atoms with Gasteiger partial charge in [0.05, 0.1) is 11.4 Å². The quantitative estimate of drug-likeness (QED) is 0.853. The average Bonchev–Trinajstić information content (AvgIpc) is 2.67. The Morgan fingerprint density at radius 3 is 2.94 bits per heavy atom. The van der Waals surface area contributed by atoms with Gasteiger partial charge in [0.1, 0.15) is 17.4 Å². The number of primary amides is 1. The van der Waals surface area contributed by atoms with Crippen molar-refractivity contribution in [3.05, 3.63) is 29.8 Å². The minimum absolute atomic E-state index is 0.0890. The first-order chi connectivity index (χ1) is 8.06. The molecule has 0 bridgehead atoms. The lowest BCUT2D eigenvalue weighted by molar-refractivity contribution is -0.120. The molecule has 17 heavy (non-hydrogen) atoms. The van der Waals surface area contributed by atoms with E-state index in [0.717, 1.165) is 0 Å². The van der Waals surface area contributed by atoms with Gasteiger partial charge in [0.2, 0.25) is 5.91 Å². The van der Waals surface area contributed by atoms with Crippen LogP contribution in [-0.4, -0.2) is 15.5 Å². The first kappa shape index (κ1) is 11.9. The van der Waals surface area contributed by atoms with Gasteiger partial charge in [-0.2, -0.15) is 0 Å². The molecule has 6 heteroatoms. The Morgan fingerprint density at radius 2 is 2.35 bits per heavy atom. The standard InChI is InChI=1S/C11H11ClFN3O/c1-6(11(14)17)16-8-4-2-3-7(13)10(8)15-9(16)5-12/h2-4,6H,5H2,1H3,(H2,14,17). The van der Waals surface area contributed by atoms with Crippen LogP contribution in [0.1, 0.15) is 18.8 Å². The van der Waals surface area contributed by atoms with Crippen LogP contribution in [0.2, 0.25) is 0 Å². The molecule has 0 saturated heterocycles. The predicted octanol–water partition coefficient (Wildman–Crippen LogP) is 1.96. The number of amides is 1. The minimum Gasteiger partial charge on any atom is -0.368 e. The van der Waals surface area contributed by atoms with Gasteiger partial charge in [0.15, 0.2) is 5.82 Å². The normalized spacial score (nSPS) is 12.9. The van der Waals surface area contributed by atoms with Gasteiger partial charge in [0.25, 0.3) is 0 Å². The number of alkyl halides is 1. The number of nitrogens with zero attached hydrogens (tertiary/aromatic N) is 2.